The summed E-state index contributed by atoms with van der Waals surface area (Å²) in [6, 6.07) is 13.7. The highest BCUT2D eigenvalue weighted by atomic mass is 16.6. The largest absolute Gasteiger partial charge is 0.364 e. The minimum Gasteiger partial charge on any atom is -0.364 e. The number of fused-ring (bicyclic) bond motifs is 1. The molecular weight excluding hydrogens is 368 g/mol. The smallest absolute Gasteiger partial charge is 0.309 e. The van der Waals surface area contributed by atoms with Gasteiger partial charge in [-0.05, 0) is 43.5 Å². The molecule has 2 aliphatic rings. The number of rotatable bonds is 7. The van der Waals surface area contributed by atoms with Crippen molar-refractivity contribution in [2.75, 3.05) is 38.0 Å². The molecule has 1 aromatic heterocycles. The van der Waals surface area contributed by atoms with Gasteiger partial charge >= 0.3 is 5.69 Å². The lowest BCUT2D eigenvalue weighted by molar-refractivity contribution is -0.384. The second kappa shape index (κ2) is 9.19. The number of nitrogens with one attached hydrogen (secondary N) is 3. The van der Waals surface area contributed by atoms with Gasteiger partial charge in [0.15, 0.2) is 5.82 Å². The molecule has 4 rings (SSSR count). The summed E-state index contributed by atoms with van der Waals surface area (Å²) in [5, 5.41) is 21.6. The minimum absolute atomic E-state index is 0.0837. The van der Waals surface area contributed by atoms with Gasteiger partial charge in [0, 0.05) is 32.2 Å². The van der Waals surface area contributed by atoms with Crippen LogP contribution in [0.1, 0.15) is 24.4 Å². The fourth-order valence-electron chi connectivity index (χ4n) is 4.11. The van der Waals surface area contributed by atoms with Crippen molar-refractivity contribution in [2.45, 2.75) is 25.4 Å². The van der Waals surface area contributed by atoms with Crippen LogP contribution in [0.2, 0.25) is 0 Å². The Morgan fingerprint density at radius 2 is 1.97 bits per heavy atom. The van der Waals surface area contributed by atoms with Gasteiger partial charge in [0.25, 0.3) is 0 Å². The Bertz CT molecular complexity index is 905. The van der Waals surface area contributed by atoms with Crippen LogP contribution in [-0.2, 0) is 6.54 Å². The quantitative estimate of drug-likeness (QED) is 0.492. The third-order valence-electron chi connectivity index (χ3n) is 5.71. The molecule has 0 aliphatic carbocycles. The number of benzene rings is 1. The third kappa shape index (κ3) is 4.65. The lowest BCUT2D eigenvalue weighted by Gasteiger charge is -2.21. The second-order valence-electron chi connectivity index (χ2n) is 7.74. The molecule has 154 valence electrons. The summed E-state index contributed by atoms with van der Waals surface area (Å²) in [5.41, 5.74) is 2.15. The van der Waals surface area contributed by atoms with Crippen LogP contribution >= 0.6 is 0 Å². The summed E-state index contributed by atoms with van der Waals surface area (Å²) in [5.74, 6) is 1.14. The molecule has 0 bridgehead atoms. The van der Waals surface area contributed by atoms with Crippen molar-refractivity contribution < 1.29 is 4.92 Å². The summed E-state index contributed by atoms with van der Waals surface area (Å²) in [7, 11) is 0. The van der Waals surface area contributed by atoms with Gasteiger partial charge < -0.3 is 20.5 Å². The van der Waals surface area contributed by atoms with Crippen LogP contribution in [0.5, 0.6) is 0 Å². The monoisotopic (exact) mass is 396 g/mol. The van der Waals surface area contributed by atoms with E-state index in [1.54, 1.807) is 12.1 Å². The maximum atomic E-state index is 11.5. The Labute approximate surface area is 170 Å². The predicted octanol–water partition coefficient (Wildman–Crippen LogP) is 2.05. The van der Waals surface area contributed by atoms with E-state index in [0.717, 1.165) is 51.1 Å². The Morgan fingerprint density at radius 3 is 2.72 bits per heavy atom. The first-order valence-corrected chi connectivity index (χ1v) is 10.3. The first-order valence-electron chi connectivity index (χ1n) is 10.3. The van der Waals surface area contributed by atoms with Crippen LogP contribution in [0.25, 0.3) is 0 Å². The summed E-state index contributed by atoms with van der Waals surface area (Å²) in [6.07, 6.45) is 2.26. The first kappa shape index (κ1) is 19.6. The van der Waals surface area contributed by atoms with E-state index in [1.807, 2.05) is 22.8 Å². The molecule has 29 heavy (non-hydrogen) atoms. The zero-order chi connectivity index (χ0) is 20.1. The van der Waals surface area contributed by atoms with Crippen LogP contribution in [0.3, 0.4) is 0 Å². The molecule has 8 nitrogen and oxygen atoms in total. The lowest BCUT2D eigenvalue weighted by Crippen LogP contribution is -2.32. The number of piperidine rings is 1. The first-order chi connectivity index (χ1) is 14.2. The van der Waals surface area contributed by atoms with E-state index in [0.29, 0.717) is 18.3 Å². The average molecular weight is 396 g/mol. The van der Waals surface area contributed by atoms with Gasteiger partial charge in [-0.3, -0.25) is 15.1 Å². The van der Waals surface area contributed by atoms with E-state index < -0.39 is 0 Å². The molecule has 0 spiro atoms. The second-order valence-corrected chi connectivity index (χ2v) is 7.74. The standard InChI is InChI=1S/C21H28N6O2/c28-27(29)19-6-7-20(24-13-17-8-10-22-11-9-17)26-18(15-25-21(19)26)14-23-12-16-4-2-1-3-5-16/h1-7,17-18,22-23,25H,8-15H2. The number of nitrogens with zero attached hydrogens (tertiary/aromatic N) is 3. The van der Waals surface area contributed by atoms with Crippen molar-refractivity contribution in [2.24, 2.45) is 10.9 Å². The molecular formula is C21H28N6O2. The molecule has 3 N–H and O–H groups in total. The van der Waals surface area contributed by atoms with Crippen LogP contribution in [0, 0.1) is 16.0 Å². The molecule has 1 aromatic carbocycles. The van der Waals surface area contributed by atoms with E-state index in [4.69, 9.17) is 4.99 Å². The van der Waals surface area contributed by atoms with Crippen LogP contribution in [0.15, 0.2) is 47.5 Å². The molecule has 1 saturated heterocycles. The minimum atomic E-state index is -0.324. The molecule has 0 saturated carbocycles. The lowest BCUT2D eigenvalue weighted by atomic mass is 9.99. The highest BCUT2D eigenvalue weighted by molar-refractivity contribution is 5.58. The summed E-state index contributed by atoms with van der Waals surface area (Å²) >= 11 is 0. The van der Waals surface area contributed by atoms with Gasteiger partial charge in [-0.2, -0.15) is 0 Å². The van der Waals surface area contributed by atoms with Gasteiger partial charge in [0.1, 0.15) is 5.49 Å². The number of anilines is 1. The number of aromatic nitrogens is 1. The maximum Gasteiger partial charge on any atom is 0.309 e. The van der Waals surface area contributed by atoms with E-state index in [2.05, 4.69) is 28.1 Å². The summed E-state index contributed by atoms with van der Waals surface area (Å²) < 4.78 is 2.01. The van der Waals surface area contributed by atoms with Gasteiger partial charge in [-0.1, -0.05) is 30.3 Å². The summed E-state index contributed by atoms with van der Waals surface area (Å²) in [4.78, 5) is 16.0. The summed E-state index contributed by atoms with van der Waals surface area (Å²) in [6.45, 7) is 4.99. The van der Waals surface area contributed by atoms with E-state index in [1.165, 1.54) is 5.56 Å². The fraction of sp³-hybridized carbons (Fsp3) is 0.476. The van der Waals surface area contributed by atoms with Gasteiger partial charge in [-0.15, -0.1) is 0 Å². The average Bonchev–Trinajstić information content (AvgIpc) is 3.17. The highest BCUT2D eigenvalue weighted by Crippen LogP contribution is 2.29. The third-order valence-corrected chi connectivity index (χ3v) is 5.71. The molecule has 1 atom stereocenters. The number of hydrogen-bond acceptors (Lipinski definition) is 6. The van der Waals surface area contributed by atoms with E-state index in [-0.39, 0.29) is 16.7 Å². The Hall–Kier alpha value is -2.71. The van der Waals surface area contributed by atoms with E-state index in [9.17, 15) is 10.1 Å². The molecule has 1 fully saturated rings. The van der Waals surface area contributed by atoms with Crippen molar-refractivity contribution in [3.8, 4) is 0 Å². The molecule has 0 radical (unpaired) electrons. The molecule has 1 unspecified atom stereocenters. The Kier molecular flexibility index (Phi) is 6.21. The molecule has 8 heteroatoms. The number of hydrogen-bond donors (Lipinski definition) is 3. The van der Waals surface area contributed by atoms with Gasteiger partial charge in [0.05, 0.1) is 11.0 Å². The Balaban J connectivity index is 1.53. The molecule has 3 heterocycles. The predicted molar refractivity (Wildman–Crippen MR) is 113 cm³/mol. The van der Waals surface area contributed by atoms with Crippen LogP contribution in [-0.4, -0.2) is 42.2 Å². The molecule has 2 aliphatic heterocycles. The maximum absolute atomic E-state index is 11.5. The van der Waals surface area contributed by atoms with Gasteiger partial charge in [0.2, 0.25) is 0 Å². The number of pyridine rings is 1. The van der Waals surface area contributed by atoms with Crippen molar-refractivity contribution in [3.05, 3.63) is 63.6 Å². The molecule has 2 aromatic rings. The van der Waals surface area contributed by atoms with Crippen molar-refractivity contribution in [1.82, 2.24) is 15.2 Å². The number of nitro groups is 1. The zero-order valence-corrected chi connectivity index (χ0v) is 16.5. The van der Waals surface area contributed by atoms with Gasteiger partial charge in [-0.25, -0.2) is 0 Å². The highest BCUT2D eigenvalue weighted by Gasteiger charge is 2.28. The van der Waals surface area contributed by atoms with Crippen LogP contribution < -0.4 is 21.4 Å². The topological polar surface area (TPSA) is 96.5 Å². The normalized spacial score (nSPS) is 19.7. The molecule has 0 amide bonds. The van der Waals surface area contributed by atoms with Crippen molar-refractivity contribution >= 4 is 11.5 Å². The fourth-order valence-corrected chi connectivity index (χ4v) is 4.11. The van der Waals surface area contributed by atoms with Crippen molar-refractivity contribution in [3.63, 3.8) is 0 Å². The van der Waals surface area contributed by atoms with E-state index >= 15 is 0 Å². The zero-order valence-electron chi connectivity index (χ0n) is 16.5. The SMILES string of the molecule is O=[N+]([O-])c1ccc(=NCC2CCNCC2)n2c1NCC2CNCc1ccccc1. The van der Waals surface area contributed by atoms with Crippen molar-refractivity contribution in [1.29, 1.82) is 0 Å². The van der Waals surface area contributed by atoms with Crippen LogP contribution in [0.4, 0.5) is 11.5 Å². The Morgan fingerprint density at radius 1 is 1.17 bits per heavy atom.